The van der Waals surface area contributed by atoms with E-state index in [0.29, 0.717) is 15.6 Å². The number of carbonyl (C=O) groups excluding carboxylic acids is 1. The number of halogens is 5. The van der Waals surface area contributed by atoms with E-state index in [-0.39, 0.29) is 0 Å². The van der Waals surface area contributed by atoms with Crippen LogP contribution in [0.1, 0.15) is 18.5 Å². The third-order valence-corrected chi connectivity index (χ3v) is 2.79. The van der Waals surface area contributed by atoms with Gasteiger partial charge in [0.1, 0.15) is 6.54 Å². The van der Waals surface area contributed by atoms with Gasteiger partial charge in [-0.05, 0) is 24.6 Å². The van der Waals surface area contributed by atoms with Crippen molar-refractivity contribution >= 4 is 29.2 Å². The number of nitrogens with one attached hydrogen (secondary N) is 2. The fourth-order valence-corrected chi connectivity index (χ4v) is 1.93. The lowest BCUT2D eigenvalue weighted by Gasteiger charge is -2.17. The first-order valence-corrected chi connectivity index (χ1v) is 6.00. The lowest BCUT2D eigenvalue weighted by molar-refractivity contribution is -0.122. The van der Waals surface area contributed by atoms with Crippen molar-refractivity contribution in [1.29, 1.82) is 0 Å². The van der Waals surface area contributed by atoms with E-state index in [4.69, 9.17) is 23.2 Å². The van der Waals surface area contributed by atoms with Gasteiger partial charge < -0.3 is 10.6 Å². The highest BCUT2D eigenvalue weighted by Crippen LogP contribution is 2.26. The van der Waals surface area contributed by atoms with Crippen molar-refractivity contribution in [2.75, 3.05) is 6.54 Å². The lowest BCUT2D eigenvalue weighted by atomic mass is 10.1. The molecule has 8 heteroatoms. The lowest BCUT2D eigenvalue weighted by Crippen LogP contribution is -2.41. The smallest absolute Gasteiger partial charge is 0.332 e. The zero-order chi connectivity index (χ0) is 14.6. The molecule has 0 fully saturated rings. The molecule has 0 saturated carbocycles. The van der Waals surface area contributed by atoms with Crippen LogP contribution in [0, 0.1) is 0 Å². The molecule has 0 radical (unpaired) electrons. The Hall–Kier alpha value is -1.14. The number of carbonyl (C=O) groups is 1. The molecule has 0 heterocycles. The molecule has 0 saturated heterocycles. The Morgan fingerprint density at radius 3 is 2.53 bits per heavy atom. The van der Waals surface area contributed by atoms with Crippen molar-refractivity contribution in [2.24, 2.45) is 0 Å². The van der Waals surface area contributed by atoms with Gasteiger partial charge in [0.15, 0.2) is 0 Å². The summed E-state index contributed by atoms with van der Waals surface area (Å²) in [4.78, 5) is 11.3. The van der Waals surface area contributed by atoms with Crippen LogP contribution in [0.3, 0.4) is 0 Å². The van der Waals surface area contributed by atoms with E-state index < -0.39 is 24.8 Å². The molecular formula is C11H11Cl2F3N2O. The molecule has 3 nitrogen and oxygen atoms in total. The van der Waals surface area contributed by atoms with E-state index >= 15 is 0 Å². The fourth-order valence-electron chi connectivity index (χ4n) is 1.36. The van der Waals surface area contributed by atoms with Gasteiger partial charge in [-0.3, -0.25) is 0 Å². The van der Waals surface area contributed by atoms with Gasteiger partial charge in [-0.2, -0.15) is 13.2 Å². The van der Waals surface area contributed by atoms with Crippen molar-refractivity contribution in [2.45, 2.75) is 19.1 Å². The minimum Gasteiger partial charge on any atom is -0.332 e. The zero-order valence-electron chi connectivity index (χ0n) is 9.81. The predicted octanol–water partition coefficient (Wildman–Crippen LogP) is 3.92. The summed E-state index contributed by atoms with van der Waals surface area (Å²) < 4.78 is 35.7. The van der Waals surface area contributed by atoms with Crippen molar-refractivity contribution in [3.05, 3.63) is 33.8 Å². The van der Waals surface area contributed by atoms with E-state index in [0.717, 1.165) is 0 Å². The minimum absolute atomic E-state index is 0.330. The molecule has 1 aromatic carbocycles. The summed E-state index contributed by atoms with van der Waals surface area (Å²) in [5.41, 5.74) is 0.563. The van der Waals surface area contributed by atoms with Gasteiger partial charge in [-0.1, -0.05) is 29.3 Å². The number of alkyl halides is 3. The molecule has 1 unspecified atom stereocenters. The van der Waals surface area contributed by atoms with Gasteiger partial charge in [0.2, 0.25) is 0 Å². The summed E-state index contributed by atoms with van der Waals surface area (Å²) in [6, 6.07) is 3.20. The van der Waals surface area contributed by atoms with Gasteiger partial charge in [-0.15, -0.1) is 0 Å². The molecule has 2 amide bonds. The Balaban J connectivity index is 2.59. The Labute approximate surface area is 118 Å². The number of rotatable bonds is 3. The average Bonchev–Trinajstić information content (AvgIpc) is 2.25. The van der Waals surface area contributed by atoms with Crippen LogP contribution in [0.2, 0.25) is 10.0 Å². The molecule has 0 spiro atoms. The number of hydrogen-bond acceptors (Lipinski definition) is 1. The minimum atomic E-state index is -4.45. The van der Waals surface area contributed by atoms with Crippen molar-refractivity contribution in [1.82, 2.24) is 10.6 Å². The van der Waals surface area contributed by atoms with E-state index in [1.165, 1.54) is 6.07 Å². The largest absolute Gasteiger partial charge is 0.405 e. The standard InChI is InChI=1S/C11H11Cl2F3N2O/c1-6(8-3-2-7(12)4-9(8)13)18-10(19)17-5-11(14,15)16/h2-4,6H,5H2,1H3,(H2,17,18,19). The molecule has 1 atom stereocenters. The molecule has 0 aromatic heterocycles. The highest BCUT2D eigenvalue weighted by Gasteiger charge is 2.28. The number of benzene rings is 1. The summed E-state index contributed by atoms with van der Waals surface area (Å²) in [7, 11) is 0. The molecular weight excluding hydrogens is 304 g/mol. The molecule has 19 heavy (non-hydrogen) atoms. The Morgan fingerprint density at radius 1 is 1.37 bits per heavy atom. The second-order valence-electron chi connectivity index (χ2n) is 3.83. The summed E-state index contributed by atoms with van der Waals surface area (Å²) in [5, 5.41) is 4.82. The molecule has 2 N–H and O–H groups in total. The van der Waals surface area contributed by atoms with E-state index in [2.05, 4.69) is 5.32 Å². The summed E-state index contributed by atoms with van der Waals surface area (Å²) in [6.45, 7) is 0.211. The van der Waals surface area contributed by atoms with Gasteiger partial charge >= 0.3 is 12.2 Å². The summed E-state index contributed by atoms with van der Waals surface area (Å²) >= 11 is 11.6. The molecule has 1 rings (SSSR count). The van der Waals surface area contributed by atoms with E-state index in [1.807, 2.05) is 0 Å². The topological polar surface area (TPSA) is 41.1 Å². The molecule has 0 bridgehead atoms. The molecule has 106 valence electrons. The average molecular weight is 315 g/mol. The molecule has 0 aliphatic rings. The van der Waals surface area contributed by atoms with Crippen LogP contribution < -0.4 is 10.6 Å². The van der Waals surface area contributed by atoms with Crippen LogP contribution in [-0.2, 0) is 0 Å². The molecule has 0 aliphatic heterocycles. The first kappa shape index (κ1) is 15.9. The predicted molar refractivity (Wildman–Crippen MR) is 67.5 cm³/mol. The monoisotopic (exact) mass is 314 g/mol. The fraction of sp³-hybridized carbons (Fsp3) is 0.364. The zero-order valence-corrected chi connectivity index (χ0v) is 11.3. The third-order valence-electron chi connectivity index (χ3n) is 2.23. The normalized spacial score (nSPS) is 12.9. The highest BCUT2D eigenvalue weighted by molar-refractivity contribution is 6.35. The SMILES string of the molecule is CC(NC(=O)NCC(F)(F)F)c1ccc(Cl)cc1Cl. The van der Waals surface area contributed by atoms with Crippen LogP contribution in [-0.4, -0.2) is 18.8 Å². The van der Waals surface area contributed by atoms with Gasteiger partial charge in [-0.25, -0.2) is 4.79 Å². The first-order chi connectivity index (χ1) is 8.69. The van der Waals surface area contributed by atoms with E-state index in [9.17, 15) is 18.0 Å². The maximum absolute atomic E-state index is 11.9. The van der Waals surface area contributed by atoms with E-state index in [1.54, 1.807) is 24.4 Å². The van der Waals surface area contributed by atoms with Crippen LogP contribution in [0.25, 0.3) is 0 Å². The number of hydrogen-bond donors (Lipinski definition) is 2. The molecule has 1 aromatic rings. The molecule has 0 aliphatic carbocycles. The summed E-state index contributed by atoms with van der Waals surface area (Å²) in [5.74, 6) is 0. The van der Waals surface area contributed by atoms with Crippen LogP contribution in [0.15, 0.2) is 18.2 Å². The maximum atomic E-state index is 11.9. The second kappa shape index (κ2) is 6.34. The van der Waals surface area contributed by atoms with Crippen molar-refractivity contribution in [3.63, 3.8) is 0 Å². The van der Waals surface area contributed by atoms with Crippen molar-refractivity contribution in [3.8, 4) is 0 Å². The van der Waals surface area contributed by atoms with Crippen LogP contribution >= 0.6 is 23.2 Å². The highest BCUT2D eigenvalue weighted by atomic mass is 35.5. The number of urea groups is 1. The van der Waals surface area contributed by atoms with Crippen LogP contribution in [0.4, 0.5) is 18.0 Å². The van der Waals surface area contributed by atoms with Gasteiger partial charge in [0, 0.05) is 10.0 Å². The van der Waals surface area contributed by atoms with Gasteiger partial charge in [0.05, 0.1) is 6.04 Å². The summed E-state index contributed by atoms with van der Waals surface area (Å²) in [6.07, 6.45) is -4.45. The quantitative estimate of drug-likeness (QED) is 0.872. The first-order valence-electron chi connectivity index (χ1n) is 5.25. The maximum Gasteiger partial charge on any atom is 0.405 e. The van der Waals surface area contributed by atoms with Crippen molar-refractivity contribution < 1.29 is 18.0 Å². The second-order valence-corrected chi connectivity index (χ2v) is 4.67. The van der Waals surface area contributed by atoms with Gasteiger partial charge in [0.25, 0.3) is 0 Å². The Morgan fingerprint density at radius 2 is 2.00 bits per heavy atom. The third kappa shape index (κ3) is 5.57. The van der Waals surface area contributed by atoms with Crippen LogP contribution in [0.5, 0.6) is 0 Å². The number of amides is 2. The Bertz CT molecular complexity index is 466. The Kier molecular flexibility index (Phi) is 5.31.